The van der Waals surface area contributed by atoms with E-state index >= 15 is 0 Å². The van der Waals surface area contributed by atoms with E-state index in [1.165, 1.54) is 11.8 Å². The second kappa shape index (κ2) is 11.0. The van der Waals surface area contributed by atoms with Crippen LogP contribution < -0.4 is 15.4 Å². The van der Waals surface area contributed by atoms with Crippen molar-refractivity contribution in [2.75, 3.05) is 23.5 Å². The normalized spacial score (nSPS) is 10.7. The predicted molar refractivity (Wildman–Crippen MR) is 146 cm³/mol. The van der Waals surface area contributed by atoms with Crippen molar-refractivity contribution >= 4 is 46.1 Å². The Balaban J connectivity index is 1.11. The van der Waals surface area contributed by atoms with Crippen LogP contribution in [0, 0.1) is 0 Å². The molecule has 0 aliphatic rings. The van der Waals surface area contributed by atoms with Gasteiger partial charge in [-0.3, -0.25) is 9.59 Å². The summed E-state index contributed by atoms with van der Waals surface area (Å²) in [5.74, 6) is 1.17. The van der Waals surface area contributed by atoms with Crippen molar-refractivity contribution in [2.24, 2.45) is 0 Å². The van der Waals surface area contributed by atoms with Gasteiger partial charge in [0.1, 0.15) is 11.3 Å². The molecule has 184 valence electrons. The van der Waals surface area contributed by atoms with Crippen molar-refractivity contribution in [3.05, 3.63) is 103 Å². The maximum atomic E-state index is 12.4. The van der Waals surface area contributed by atoms with Gasteiger partial charge in [0, 0.05) is 27.4 Å². The molecular weight excluding hydrogens is 486 g/mol. The first-order valence-corrected chi connectivity index (χ1v) is 12.5. The third-order valence-electron chi connectivity index (χ3n) is 5.54. The topological polar surface area (TPSA) is 93.5 Å². The average molecular weight is 510 g/mol. The van der Waals surface area contributed by atoms with Gasteiger partial charge >= 0.3 is 0 Å². The van der Waals surface area contributed by atoms with Crippen molar-refractivity contribution < 1.29 is 18.7 Å². The number of nitrogens with zero attached hydrogens (tertiary/aromatic N) is 1. The zero-order valence-corrected chi connectivity index (χ0v) is 20.7. The number of fused-ring (bicyclic) bond motifs is 1. The smallest absolute Gasteiger partial charge is 0.255 e. The van der Waals surface area contributed by atoms with E-state index in [-0.39, 0.29) is 17.6 Å². The third kappa shape index (κ3) is 5.99. The van der Waals surface area contributed by atoms with Crippen LogP contribution in [0.4, 0.5) is 11.4 Å². The van der Waals surface area contributed by atoms with E-state index in [2.05, 4.69) is 15.6 Å². The summed E-state index contributed by atoms with van der Waals surface area (Å²) in [4.78, 5) is 30.3. The van der Waals surface area contributed by atoms with Crippen molar-refractivity contribution in [3.8, 4) is 17.2 Å². The second-order valence-electron chi connectivity index (χ2n) is 8.11. The summed E-state index contributed by atoms with van der Waals surface area (Å²) in [5, 5.41) is 5.77. The van der Waals surface area contributed by atoms with E-state index in [0.29, 0.717) is 28.6 Å². The molecule has 2 amide bonds. The summed E-state index contributed by atoms with van der Waals surface area (Å²) >= 11 is 1.41. The number of nitrogens with one attached hydrogen (secondary N) is 2. The van der Waals surface area contributed by atoms with Gasteiger partial charge in [0.05, 0.1) is 12.9 Å². The number of ether oxygens (including phenoxy) is 1. The van der Waals surface area contributed by atoms with E-state index < -0.39 is 0 Å². The lowest BCUT2D eigenvalue weighted by Gasteiger charge is -2.08. The van der Waals surface area contributed by atoms with Crippen molar-refractivity contribution in [2.45, 2.75) is 4.90 Å². The molecule has 0 aliphatic heterocycles. The number of hydrogen-bond acceptors (Lipinski definition) is 6. The van der Waals surface area contributed by atoms with Crippen molar-refractivity contribution in [1.82, 2.24) is 4.98 Å². The Labute approximate surface area is 217 Å². The molecule has 7 nitrogen and oxygen atoms in total. The zero-order chi connectivity index (χ0) is 25.6. The number of aromatic nitrogens is 1. The maximum absolute atomic E-state index is 12.4. The van der Waals surface area contributed by atoms with E-state index in [9.17, 15) is 9.59 Å². The number of rotatable bonds is 8. The number of amides is 2. The van der Waals surface area contributed by atoms with Gasteiger partial charge in [-0.1, -0.05) is 12.1 Å². The molecule has 2 N–H and O–H groups in total. The molecule has 0 saturated heterocycles. The highest BCUT2D eigenvalue weighted by atomic mass is 32.2. The molecule has 0 aliphatic carbocycles. The molecule has 1 heterocycles. The van der Waals surface area contributed by atoms with Crippen molar-refractivity contribution in [1.29, 1.82) is 0 Å². The van der Waals surface area contributed by atoms with E-state index in [1.54, 1.807) is 31.4 Å². The molecule has 37 heavy (non-hydrogen) atoms. The van der Waals surface area contributed by atoms with Gasteiger partial charge in [0.2, 0.25) is 11.8 Å². The molecule has 0 spiro atoms. The Bertz CT molecular complexity index is 1500. The van der Waals surface area contributed by atoms with Crippen LogP contribution in [0.5, 0.6) is 5.75 Å². The van der Waals surface area contributed by atoms with Crippen LogP contribution >= 0.6 is 11.8 Å². The highest BCUT2D eigenvalue weighted by molar-refractivity contribution is 8.00. The largest absolute Gasteiger partial charge is 0.497 e. The Morgan fingerprint density at radius 3 is 2.22 bits per heavy atom. The summed E-state index contributed by atoms with van der Waals surface area (Å²) < 4.78 is 10.9. The van der Waals surface area contributed by atoms with Gasteiger partial charge in [-0.05, 0) is 84.9 Å². The van der Waals surface area contributed by atoms with E-state index in [1.807, 2.05) is 72.8 Å². The number of anilines is 2. The lowest BCUT2D eigenvalue weighted by Crippen LogP contribution is -2.14. The maximum Gasteiger partial charge on any atom is 0.255 e. The fourth-order valence-electron chi connectivity index (χ4n) is 3.62. The lowest BCUT2D eigenvalue weighted by molar-refractivity contribution is -0.113. The van der Waals surface area contributed by atoms with Crippen LogP contribution in [-0.4, -0.2) is 29.7 Å². The fraction of sp³-hybridized carbons (Fsp3) is 0.0690. The quantitative estimate of drug-likeness (QED) is 0.232. The number of hydrogen-bond donors (Lipinski definition) is 2. The Morgan fingerprint density at radius 2 is 1.51 bits per heavy atom. The van der Waals surface area contributed by atoms with E-state index in [4.69, 9.17) is 9.15 Å². The Morgan fingerprint density at radius 1 is 0.838 bits per heavy atom. The van der Waals surface area contributed by atoms with Gasteiger partial charge in [-0.25, -0.2) is 4.98 Å². The number of benzene rings is 4. The summed E-state index contributed by atoms with van der Waals surface area (Å²) in [6, 6.07) is 29.3. The zero-order valence-electron chi connectivity index (χ0n) is 19.9. The van der Waals surface area contributed by atoms with Gasteiger partial charge in [0.15, 0.2) is 5.58 Å². The fourth-order valence-corrected chi connectivity index (χ4v) is 4.32. The molecule has 0 radical (unpaired) electrons. The van der Waals surface area contributed by atoms with Gasteiger partial charge in [0.25, 0.3) is 5.91 Å². The number of methoxy groups -OCH3 is 1. The molecule has 4 aromatic carbocycles. The molecule has 8 heteroatoms. The van der Waals surface area contributed by atoms with Crippen LogP contribution in [-0.2, 0) is 4.79 Å². The number of para-hydroxylation sites is 2. The minimum atomic E-state index is -0.204. The summed E-state index contributed by atoms with van der Waals surface area (Å²) in [7, 11) is 1.58. The number of oxazole rings is 1. The number of carbonyl (C=O) groups is 2. The van der Waals surface area contributed by atoms with Crippen LogP contribution in [0.15, 0.2) is 106 Å². The SMILES string of the molecule is COc1ccc(C(=O)Nc2ccc(SCC(=O)Nc3ccc(-c4nc5ccccc5o4)cc3)cc2)cc1. The molecule has 0 saturated carbocycles. The van der Waals surface area contributed by atoms with Crippen LogP contribution in [0.25, 0.3) is 22.6 Å². The molecular formula is C29H23N3O4S. The first kappa shape index (κ1) is 24.1. The summed E-state index contributed by atoms with van der Waals surface area (Å²) in [5.41, 5.74) is 4.29. The first-order valence-electron chi connectivity index (χ1n) is 11.5. The second-order valence-corrected chi connectivity index (χ2v) is 9.16. The Hall–Kier alpha value is -4.56. The lowest BCUT2D eigenvalue weighted by atomic mass is 10.2. The van der Waals surface area contributed by atoms with Crippen LogP contribution in [0.1, 0.15) is 10.4 Å². The molecule has 5 aromatic rings. The molecule has 0 atom stereocenters. The van der Waals surface area contributed by atoms with Gasteiger partial charge < -0.3 is 19.8 Å². The molecule has 0 unspecified atom stereocenters. The molecule has 1 aromatic heterocycles. The highest BCUT2D eigenvalue weighted by Gasteiger charge is 2.10. The third-order valence-corrected chi connectivity index (χ3v) is 6.56. The highest BCUT2D eigenvalue weighted by Crippen LogP contribution is 2.26. The monoisotopic (exact) mass is 509 g/mol. The standard InChI is InChI=1S/C29H23N3O4S/c1-35-23-14-8-19(9-15-23)28(34)31-22-12-16-24(17-13-22)37-18-27(33)30-21-10-6-20(7-11-21)29-32-25-4-2-3-5-26(25)36-29/h2-17H,18H2,1H3,(H,30,33)(H,31,34). The van der Waals surface area contributed by atoms with E-state index in [0.717, 1.165) is 21.6 Å². The first-order chi connectivity index (χ1) is 18.1. The Kier molecular flexibility index (Phi) is 7.19. The van der Waals surface area contributed by atoms with Gasteiger partial charge in [-0.2, -0.15) is 0 Å². The average Bonchev–Trinajstić information content (AvgIpc) is 3.37. The number of thioether (sulfide) groups is 1. The minimum absolute atomic E-state index is 0.114. The van der Waals surface area contributed by atoms with Crippen LogP contribution in [0.3, 0.4) is 0 Å². The molecule has 5 rings (SSSR count). The van der Waals surface area contributed by atoms with Crippen molar-refractivity contribution in [3.63, 3.8) is 0 Å². The molecule has 0 fully saturated rings. The minimum Gasteiger partial charge on any atom is -0.497 e. The van der Waals surface area contributed by atoms with Gasteiger partial charge in [-0.15, -0.1) is 11.8 Å². The number of carbonyl (C=O) groups excluding carboxylic acids is 2. The summed E-state index contributed by atoms with van der Waals surface area (Å²) in [6.45, 7) is 0. The predicted octanol–water partition coefficient (Wildman–Crippen LogP) is 6.49. The van der Waals surface area contributed by atoms with Crippen LogP contribution in [0.2, 0.25) is 0 Å². The molecule has 0 bridgehead atoms. The summed E-state index contributed by atoms with van der Waals surface area (Å²) in [6.07, 6.45) is 0.